The number of unbranched alkanes of at least 4 members (excludes halogenated alkanes) is 14. The molecule has 1 nitrogen and oxygen atoms in total. The Bertz CT molecular complexity index is 567. The van der Waals surface area contributed by atoms with E-state index >= 15 is 0 Å². The fourth-order valence-electron chi connectivity index (χ4n) is 4.82. The molecule has 180 valence electrons. The van der Waals surface area contributed by atoms with Gasteiger partial charge < -0.3 is 5.11 Å². The Morgan fingerprint density at radius 1 is 0.548 bits per heavy atom. The second kappa shape index (κ2) is 16.6. The molecule has 1 N–H and O–H groups in total. The molecule has 0 heterocycles. The molecule has 0 saturated carbocycles. The molecule has 0 amide bonds. The molecular weight excluding hydrogens is 376 g/mol. The number of phenolic OH excluding ortho intramolecular Hbond substituents is 1. The minimum Gasteiger partial charge on any atom is -0.508 e. The van der Waals surface area contributed by atoms with Crippen molar-refractivity contribution in [1.82, 2.24) is 0 Å². The zero-order chi connectivity index (χ0) is 23.0. The fourth-order valence-corrected chi connectivity index (χ4v) is 4.82. The molecule has 0 spiro atoms. The summed E-state index contributed by atoms with van der Waals surface area (Å²) < 4.78 is 0. The zero-order valence-corrected chi connectivity index (χ0v) is 21.8. The van der Waals surface area contributed by atoms with Gasteiger partial charge in [0.15, 0.2) is 0 Å². The van der Waals surface area contributed by atoms with Gasteiger partial charge in [-0.15, -0.1) is 0 Å². The van der Waals surface area contributed by atoms with E-state index in [4.69, 9.17) is 0 Å². The maximum absolute atomic E-state index is 10.7. The van der Waals surface area contributed by atoms with Crippen LogP contribution in [0, 0.1) is 0 Å². The van der Waals surface area contributed by atoms with Crippen LogP contribution in [0.15, 0.2) is 12.1 Å². The van der Waals surface area contributed by atoms with Crippen molar-refractivity contribution in [3.8, 4) is 5.75 Å². The Morgan fingerprint density at radius 3 is 1.35 bits per heavy atom. The lowest BCUT2D eigenvalue weighted by Gasteiger charge is -2.26. The van der Waals surface area contributed by atoms with Gasteiger partial charge in [-0.3, -0.25) is 0 Å². The Labute approximate surface area is 195 Å². The summed E-state index contributed by atoms with van der Waals surface area (Å²) in [6.07, 6.45) is 23.8. The average Bonchev–Trinajstić information content (AvgIpc) is 2.72. The van der Waals surface area contributed by atoms with Crippen LogP contribution in [0.1, 0.15) is 154 Å². The molecule has 1 aromatic carbocycles. The van der Waals surface area contributed by atoms with Crippen LogP contribution >= 0.6 is 0 Å². The molecule has 31 heavy (non-hydrogen) atoms. The molecule has 0 unspecified atom stereocenters. The van der Waals surface area contributed by atoms with Crippen LogP contribution in [0.4, 0.5) is 0 Å². The van der Waals surface area contributed by atoms with Gasteiger partial charge in [0.05, 0.1) is 0 Å². The van der Waals surface area contributed by atoms with Crippen molar-refractivity contribution < 1.29 is 5.11 Å². The highest BCUT2D eigenvalue weighted by Crippen LogP contribution is 2.35. The summed E-state index contributed by atoms with van der Waals surface area (Å²) in [4.78, 5) is 0. The third kappa shape index (κ3) is 12.0. The first-order valence-electron chi connectivity index (χ1n) is 13.8. The molecule has 0 aromatic heterocycles. The van der Waals surface area contributed by atoms with E-state index in [9.17, 15) is 5.11 Å². The number of benzene rings is 1. The molecule has 0 saturated heterocycles. The van der Waals surface area contributed by atoms with E-state index in [0.717, 1.165) is 12.8 Å². The first kappa shape index (κ1) is 28.1. The van der Waals surface area contributed by atoms with Crippen LogP contribution < -0.4 is 0 Å². The second-order valence-electron chi connectivity index (χ2n) is 10.8. The number of rotatable bonds is 18. The van der Waals surface area contributed by atoms with E-state index in [0.29, 0.717) is 5.75 Å². The van der Waals surface area contributed by atoms with E-state index in [1.54, 1.807) is 0 Å². The highest BCUT2D eigenvalue weighted by molar-refractivity contribution is 5.47. The summed E-state index contributed by atoms with van der Waals surface area (Å²) in [5.41, 5.74) is 4.29. The van der Waals surface area contributed by atoms with Gasteiger partial charge in [-0.05, 0) is 53.9 Å². The molecule has 0 aliphatic carbocycles. The Balaban J connectivity index is 2.56. The lowest BCUT2D eigenvalue weighted by Crippen LogP contribution is -2.16. The lowest BCUT2D eigenvalue weighted by molar-refractivity contribution is 0.461. The first-order valence-corrected chi connectivity index (χ1v) is 13.8. The minimum atomic E-state index is 0.136. The third-order valence-corrected chi connectivity index (χ3v) is 6.78. The van der Waals surface area contributed by atoms with Gasteiger partial charge >= 0.3 is 0 Å². The van der Waals surface area contributed by atoms with E-state index in [2.05, 4.69) is 40.7 Å². The van der Waals surface area contributed by atoms with Crippen molar-refractivity contribution in [2.24, 2.45) is 0 Å². The van der Waals surface area contributed by atoms with Crippen LogP contribution in [0.25, 0.3) is 0 Å². The molecule has 1 aromatic rings. The predicted octanol–water partition coefficient (Wildman–Crippen LogP) is 10.1. The van der Waals surface area contributed by atoms with Gasteiger partial charge in [-0.25, -0.2) is 0 Å². The number of hydrogen-bond donors (Lipinski definition) is 1. The Hall–Kier alpha value is -0.980. The van der Waals surface area contributed by atoms with Crippen molar-refractivity contribution in [1.29, 1.82) is 0 Å². The topological polar surface area (TPSA) is 20.2 Å². The van der Waals surface area contributed by atoms with Crippen LogP contribution in [-0.4, -0.2) is 5.11 Å². The van der Waals surface area contributed by atoms with Gasteiger partial charge in [0.2, 0.25) is 0 Å². The summed E-state index contributed by atoms with van der Waals surface area (Å²) >= 11 is 0. The summed E-state index contributed by atoms with van der Waals surface area (Å²) in [6, 6.07) is 4.14. The number of hydrogen-bond acceptors (Lipinski definition) is 1. The van der Waals surface area contributed by atoms with Gasteiger partial charge in [0.25, 0.3) is 0 Å². The molecule has 0 aliphatic heterocycles. The largest absolute Gasteiger partial charge is 0.508 e. The monoisotopic (exact) mass is 430 g/mol. The molecular formula is C30H54O. The summed E-state index contributed by atoms with van der Waals surface area (Å²) in [6.45, 7) is 11.5. The van der Waals surface area contributed by atoms with Crippen LogP contribution in [0.2, 0.25) is 0 Å². The lowest BCUT2D eigenvalue weighted by atomic mass is 9.79. The number of aromatic hydroxyl groups is 1. The minimum absolute atomic E-state index is 0.136. The van der Waals surface area contributed by atoms with E-state index < -0.39 is 0 Å². The van der Waals surface area contributed by atoms with Gasteiger partial charge in [-0.1, -0.05) is 131 Å². The predicted molar refractivity (Wildman–Crippen MR) is 139 cm³/mol. The van der Waals surface area contributed by atoms with E-state index in [1.807, 2.05) is 6.07 Å². The van der Waals surface area contributed by atoms with Crippen LogP contribution in [0.3, 0.4) is 0 Å². The van der Waals surface area contributed by atoms with Crippen molar-refractivity contribution in [2.75, 3.05) is 0 Å². The summed E-state index contributed by atoms with van der Waals surface area (Å²) in [7, 11) is 0. The zero-order valence-electron chi connectivity index (χ0n) is 21.8. The summed E-state index contributed by atoms with van der Waals surface area (Å²) in [5, 5.41) is 10.7. The highest BCUT2D eigenvalue weighted by Gasteiger charge is 2.21. The van der Waals surface area contributed by atoms with Crippen LogP contribution in [-0.2, 0) is 18.3 Å². The van der Waals surface area contributed by atoms with E-state index in [1.165, 1.54) is 119 Å². The molecule has 1 heteroatoms. The average molecular weight is 431 g/mol. The van der Waals surface area contributed by atoms with Crippen molar-refractivity contribution in [3.63, 3.8) is 0 Å². The van der Waals surface area contributed by atoms with Crippen molar-refractivity contribution in [2.45, 2.75) is 156 Å². The standard InChI is InChI=1S/C30H54O/c1-6-8-10-12-14-15-16-17-19-20-22-26-27(23-21-18-13-11-9-7-2)29(31)25-24-28(26)30(3,4)5/h24-25,31H,6-23H2,1-5H3. The third-order valence-electron chi connectivity index (χ3n) is 6.78. The van der Waals surface area contributed by atoms with Gasteiger partial charge in [-0.2, -0.15) is 0 Å². The number of phenols is 1. The molecule has 0 atom stereocenters. The Morgan fingerprint density at radius 2 is 0.935 bits per heavy atom. The maximum atomic E-state index is 10.7. The smallest absolute Gasteiger partial charge is 0.119 e. The molecule has 0 fully saturated rings. The quantitative estimate of drug-likeness (QED) is 0.230. The molecule has 0 radical (unpaired) electrons. The fraction of sp³-hybridized carbons (Fsp3) is 0.800. The van der Waals surface area contributed by atoms with Crippen molar-refractivity contribution >= 4 is 0 Å². The highest BCUT2D eigenvalue weighted by atomic mass is 16.3. The Kier molecular flexibility index (Phi) is 15.0. The van der Waals surface area contributed by atoms with Gasteiger partial charge in [0, 0.05) is 0 Å². The second-order valence-corrected chi connectivity index (χ2v) is 10.8. The molecule has 1 rings (SSSR count). The maximum Gasteiger partial charge on any atom is 0.119 e. The van der Waals surface area contributed by atoms with Crippen molar-refractivity contribution in [3.05, 3.63) is 28.8 Å². The van der Waals surface area contributed by atoms with E-state index in [-0.39, 0.29) is 5.41 Å². The van der Waals surface area contributed by atoms with Gasteiger partial charge in [0.1, 0.15) is 5.75 Å². The SMILES string of the molecule is CCCCCCCCCCCCc1c(C(C)(C)C)ccc(O)c1CCCCCCCC. The normalized spacial score (nSPS) is 11.9. The first-order chi connectivity index (χ1) is 14.9. The summed E-state index contributed by atoms with van der Waals surface area (Å²) in [5.74, 6) is 0.531. The molecule has 0 bridgehead atoms. The molecule has 0 aliphatic rings. The van der Waals surface area contributed by atoms with Crippen LogP contribution in [0.5, 0.6) is 5.75 Å².